The Morgan fingerprint density at radius 1 is 0.926 bits per heavy atom. The minimum atomic E-state index is 0.689. The molecule has 0 unspecified atom stereocenters. The molecule has 0 spiro atoms. The van der Waals surface area contributed by atoms with E-state index in [1.54, 1.807) is 18.0 Å². The summed E-state index contributed by atoms with van der Waals surface area (Å²) in [5.74, 6) is 2.76. The summed E-state index contributed by atoms with van der Waals surface area (Å²) >= 11 is 1.69. The highest BCUT2D eigenvalue weighted by molar-refractivity contribution is 7.98. The molecule has 1 aromatic carbocycles. The second-order valence-corrected chi connectivity index (χ2v) is 7.58. The molecule has 0 saturated carbocycles. The number of hydrogen-bond donors (Lipinski definition) is 1. The summed E-state index contributed by atoms with van der Waals surface area (Å²) in [6.07, 6.45) is 8.05. The fraction of sp³-hybridized carbons (Fsp3) is 0.286. The summed E-state index contributed by atoms with van der Waals surface area (Å²) < 4.78 is 0. The first-order valence-corrected chi connectivity index (χ1v) is 10.3. The molecule has 6 heteroatoms. The van der Waals surface area contributed by atoms with E-state index in [1.807, 2.05) is 18.5 Å². The van der Waals surface area contributed by atoms with Gasteiger partial charge in [-0.25, -0.2) is 9.97 Å². The van der Waals surface area contributed by atoms with E-state index in [-0.39, 0.29) is 0 Å². The Kier molecular flexibility index (Phi) is 5.84. The first-order valence-electron chi connectivity index (χ1n) is 9.29. The Bertz CT molecular complexity index is 848. The molecule has 3 heterocycles. The number of benzene rings is 1. The van der Waals surface area contributed by atoms with Crippen LogP contribution in [0.3, 0.4) is 0 Å². The number of rotatable bonds is 7. The number of thioether (sulfide) groups is 1. The van der Waals surface area contributed by atoms with Gasteiger partial charge in [0, 0.05) is 31.6 Å². The van der Waals surface area contributed by atoms with Crippen molar-refractivity contribution in [3.05, 3.63) is 72.2 Å². The number of anilines is 2. The van der Waals surface area contributed by atoms with E-state index in [4.69, 9.17) is 0 Å². The molecular formula is C21H23N5S. The Balaban J connectivity index is 1.31. The van der Waals surface area contributed by atoms with Crippen LogP contribution in [0.15, 0.2) is 66.1 Å². The molecule has 2 aromatic heterocycles. The SMILES string of the molecule is c1ccc(CSc2cncc(NCc3ccc(N4CCCC4)nc3)n2)cc1. The fourth-order valence-electron chi connectivity index (χ4n) is 3.08. The van der Waals surface area contributed by atoms with Gasteiger partial charge in [0.2, 0.25) is 0 Å². The molecule has 27 heavy (non-hydrogen) atoms. The van der Waals surface area contributed by atoms with Crippen LogP contribution in [0.25, 0.3) is 0 Å². The summed E-state index contributed by atoms with van der Waals surface area (Å²) in [7, 11) is 0. The summed E-state index contributed by atoms with van der Waals surface area (Å²) in [6, 6.07) is 14.6. The molecule has 4 rings (SSSR count). The standard InChI is InChI=1S/C21H23N5S/c1-2-6-17(7-3-1)16-27-21-15-22-14-19(25-21)23-12-18-8-9-20(24-13-18)26-10-4-5-11-26/h1-3,6-9,13-15H,4-5,10-12,16H2,(H,23,25). The van der Waals surface area contributed by atoms with Gasteiger partial charge < -0.3 is 10.2 Å². The predicted molar refractivity (Wildman–Crippen MR) is 111 cm³/mol. The van der Waals surface area contributed by atoms with Crippen LogP contribution < -0.4 is 10.2 Å². The molecule has 1 aliphatic heterocycles. The summed E-state index contributed by atoms with van der Waals surface area (Å²) in [5, 5.41) is 4.27. The van der Waals surface area contributed by atoms with Crippen LogP contribution in [-0.2, 0) is 12.3 Å². The van der Waals surface area contributed by atoms with Crippen LogP contribution in [-0.4, -0.2) is 28.0 Å². The van der Waals surface area contributed by atoms with Gasteiger partial charge in [-0.3, -0.25) is 4.98 Å². The quantitative estimate of drug-likeness (QED) is 0.617. The van der Waals surface area contributed by atoms with Gasteiger partial charge in [-0.05, 0) is 30.0 Å². The first-order chi connectivity index (χ1) is 13.4. The number of nitrogens with one attached hydrogen (secondary N) is 1. The summed E-state index contributed by atoms with van der Waals surface area (Å²) in [5.41, 5.74) is 2.42. The Hall–Kier alpha value is -2.60. The maximum Gasteiger partial charge on any atom is 0.146 e. The van der Waals surface area contributed by atoms with Crippen LogP contribution in [0, 0.1) is 0 Å². The normalized spacial score (nSPS) is 13.7. The van der Waals surface area contributed by atoms with Crippen LogP contribution in [0.4, 0.5) is 11.6 Å². The lowest BCUT2D eigenvalue weighted by Crippen LogP contribution is -2.18. The highest BCUT2D eigenvalue weighted by Gasteiger charge is 2.12. The van der Waals surface area contributed by atoms with Crippen molar-refractivity contribution in [3.8, 4) is 0 Å². The summed E-state index contributed by atoms with van der Waals surface area (Å²) in [4.78, 5) is 15.9. The third kappa shape index (κ3) is 4.98. The van der Waals surface area contributed by atoms with Gasteiger partial charge >= 0.3 is 0 Å². The molecule has 1 fully saturated rings. The number of aromatic nitrogens is 3. The molecule has 0 radical (unpaired) electrons. The molecule has 0 aliphatic carbocycles. The number of pyridine rings is 1. The van der Waals surface area contributed by atoms with Crippen LogP contribution in [0.1, 0.15) is 24.0 Å². The number of nitrogens with zero attached hydrogens (tertiary/aromatic N) is 4. The van der Waals surface area contributed by atoms with Crippen molar-refractivity contribution in [1.82, 2.24) is 15.0 Å². The number of hydrogen-bond acceptors (Lipinski definition) is 6. The van der Waals surface area contributed by atoms with Crippen LogP contribution in [0.5, 0.6) is 0 Å². The lowest BCUT2D eigenvalue weighted by molar-refractivity contribution is 0.930. The minimum absolute atomic E-state index is 0.689. The zero-order chi connectivity index (χ0) is 18.3. The molecule has 138 valence electrons. The van der Waals surface area contributed by atoms with Gasteiger partial charge in [0.15, 0.2) is 0 Å². The van der Waals surface area contributed by atoms with E-state index < -0.39 is 0 Å². The second-order valence-electron chi connectivity index (χ2n) is 6.59. The highest BCUT2D eigenvalue weighted by Crippen LogP contribution is 2.21. The van der Waals surface area contributed by atoms with E-state index in [0.29, 0.717) is 6.54 Å². The molecule has 0 atom stereocenters. The molecule has 0 amide bonds. The van der Waals surface area contributed by atoms with Crippen molar-refractivity contribution in [1.29, 1.82) is 0 Å². The zero-order valence-electron chi connectivity index (χ0n) is 15.2. The van der Waals surface area contributed by atoms with Crippen molar-refractivity contribution in [2.24, 2.45) is 0 Å². The molecular weight excluding hydrogens is 354 g/mol. The van der Waals surface area contributed by atoms with E-state index in [1.165, 1.54) is 18.4 Å². The topological polar surface area (TPSA) is 53.9 Å². The fourth-order valence-corrected chi connectivity index (χ4v) is 3.89. The maximum absolute atomic E-state index is 4.64. The van der Waals surface area contributed by atoms with Gasteiger partial charge in [0.1, 0.15) is 16.7 Å². The van der Waals surface area contributed by atoms with Crippen molar-refractivity contribution < 1.29 is 0 Å². The van der Waals surface area contributed by atoms with E-state index in [9.17, 15) is 0 Å². The van der Waals surface area contributed by atoms with Crippen LogP contribution in [0.2, 0.25) is 0 Å². The Morgan fingerprint density at radius 2 is 1.78 bits per heavy atom. The molecule has 5 nitrogen and oxygen atoms in total. The smallest absolute Gasteiger partial charge is 0.146 e. The van der Waals surface area contributed by atoms with Gasteiger partial charge in [-0.15, -0.1) is 11.8 Å². The van der Waals surface area contributed by atoms with Gasteiger partial charge in [0.25, 0.3) is 0 Å². The molecule has 0 bridgehead atoms. The lowest BCUT2D eigenvalue weighted by atomic mass is 10.2. The predicted octanol–water partition coefficient (Wildman–Crippen LogP) is 4.38. The summed E-state index contributed by atoms with van der Waals surface area (Å²) in [6.45, 7) is 2.93. The van der Waals surface area contributed by atoms with Crippen LogP contribution >= 0.6 is 11.8 Å². The molecule has 3 aromatic rings. The monoisotopic (exact) mass is 377 g/mol. The second kappa shape index (κ2) is 8.86. The van der Waals surface area contributed by atoms with E-state index in [2.05, 4.69) is 61.6 Å². The largest absolute Gasteiger partial charge is 0.365 e. The van der Waals surface area contributed by atoms with Gasteiger partial charge in [-0.2, -0.15) is 0 Å². The van der Waals surface area contributed by atoms with Crippen molar-refractivity contribution >= 4 is 23.4 Å². The van der Waals surface area contributed by atoms with E-state index in [0.717, 1.165) is 41.1 Å². The first kappa shape index (κ1) is 17.8. The minimum Gasteiger partial charge on any atom is -0.365 e. The zero-order valence-corrected chi connectivity index (χ0v) is 16.0. The average Bonchev–Trinajstić information content (AvgIpc) is 3.27. The lowest BCUT2D eigenvalue weighted by Gasteiger charge is -2.16. The molecule has 1 N–H and O–H groups in total. The average molecular weight is 378 g/mol. The highest BCUT2D eigenvalue weighted by atomic mass is 32.2. The van der Waals surface area contributed by atoms with Crippen molar-refractivity contribution in [2.75, 3.05) is 23.3 Å². The van der Waals surface area contributed by atoms with Crippen molar-refractivity contribution in [2.45, 2.75) is 30.2 Å². The molecule has 1 aliphatic rings. The Labute approximate surface area is 164 Å². The Morgan fingerprint density at radius 3 is 2.56 bits per heavy atom. The van der Waals surface area contributed by atoms with Gasteiger partial charge in [0.05, 0.1) is 12.4 Å². The van der Waals surface area contributed by atoms with Crippen molar-refractivity contribution in [3.63, 3.8) is 0 Å². The third-order valence-corrected chi connectivity index (χ3v) is 5.52. The molecule has 1 saturated heterocycles. The maximum atomic E-state index is 4.64. The third-order valence-electron chi connectivity index (χ3n) is 4.55. The van der Waals surface area contributed by atoms with Gasteiger partial charge in [-0.1, -0.05) is 36.4 Å². The van der Waals surface area contributed by atoms with E-state index >= 15 is 0 Å².